The van der Waals surface area contributed by atoms with Gasteiger partial charge in [0.15, 0.2) is 0 Å². The van der Waals surface area contributed by atoms with Gasteiger partial charge in [-0.15, -0.1) is 0 Å². The summed E-state index contributed by atoms with van der Waals surface area (Å²) in [6.07, 6.45) is 1.90. The van der Waals surface area contributed by atoms with Gasteiger partial charge in [0.2, 0.25) is 0 Å². The summed E-state index contributed by atoms with van der Waals surface area (Å²) in [5.74, 6) is 0. The Hall–Kier alpha value is -0.120. The maximum absolute atomic E-state index is 9.90. The van der Waals surface area contributed by atoms with Crippen molar-refractivity contribution in [2.24, 2.45) is 0 Å². The third-order valence-corrected chi connectivity index (χ3v) is 3.19. The van der Waals surface area contributed by atoms with Crippen molar-refractivity contribution in [3.63, 3.8) is 0 Å². The van der Waals surface area contributed by atoms with E-state index in [2.05, 4.69) is 18.7 Å². The van der Waals surface area contributed by atoms with Gasteiger partial charge in [-0.1, -0.05) is 0 Å². The summed E-state index contributed by atoms with van der Waals surface area (Å²) >= 11 is 0. The highest BCUT2D eigenvalue weighted by Gasteiger charge is 2.50. The van der Waals surface area contributed by atoms with Gasteiger partial charge in [-0.3, -0.25) is 4.90 Å². The summed E-state index contributed by atoms with van der Waals surface area (Å²) in [7, 11) is 0. The maximum atomic E-state index is 9.90. The van der Waals surface area contributed by atoms with Crippen LogP contribution in [0.4, 0.5) is 0 Å². The zero-order chi connectivity index (χ0) is 9.47. The molecule has 0 aromatic rings. The molecule has 0 aromatic carbocycles. The van der Waals surface area contributed by atoms with Crippen LogP contribution in [0.25, 0.3) is 0 Å². The van der Waals surface area contributed by atoms with E-state index in [4.69, 9.17) is 4.74 Å². The summed E-state index contributed by atoms with van der Waals surface area (Å²) in [5, 5.41) is 9.90. The van der Waals surface area contributed by atoms with Crippen LogP contribution in [0.2, 0.25) is 0 Å². The maximum Gasteiger partial charge on any atom is 0.0989 e. The Labute approximate surface area is 79.7 Å². The minimum absolute atomic E-state index is 0.0589. The van der Waals surface area contributed by atoms with Gasteiger partial charge in [0.25, 0.3) is 0 Å². The molecule has 2 rings (SSSR count). The standard InChI is InChI=1S/C10H19NO2/c1-8(2)11-5-6-13-9(7-11)10(12)3-4-10/h8-9,12H,3-7H2,1-2H3/t9-/m1/s1. The van der Waals surface area contributed by atoms with Crippen LogP contribution in [-0.2, 0) is 4.74 Å². The first kappa shape index (κ1) is 9.44. The molecule has 1 aliphatic carbocycles. The molecule has 76 valence electrons. The van der Waals surface area contributed by atoms with Crippen LogP contribution >= 0.6 is 0 Å². The van der Waals surface area contributed by atoms with Gasteiger partial charge >= 0.3 is 0 Å². The summed E-state index contributed by atoms with van der Waals surface area (Å²) in [5.41, 5.74) is -0.479. The Morgan fingerprint density at radius 1 is 1.46 bits per heavy atom. The molecular formula is C10H19NO2. The fourth-order valence-corrected chi connectivity index (χ4v) is 1.91. The van der Waals surface area contributed by atoms with Gasteiger partial charge in [-0.2, -0.15) is 0 Å². The highest BCUT2D eigenvalue weighted by molar-refractivity contribution is 5.02. The molecule has 1 N–H and O–H groups in total. The monoisotopic (exact) mass is 185 g/mol. The fourth-order valence-electron chi connectivity index (χ4n) is 1.91. The molecule has 0 unspecified atom stereocenters. The number of hydrogen-bond donors (Lipinski definition) is 1. The normalized spacial score (nSPS) is 33.7. The van der Waals surface area contributed by atoms with Gasteiger partial charge in [-0.05, 0) is 26.7 Å². The van der Waals surface area contributed by atoms with Crippen LogP contribution in [-0.4, -0.2) is 47.4 Å². The molecule has 0 spiro atoms. The molecular weight excluding hydrogens is 166 g/mol. The van der Waals surface area contributed by atoms with Crippen molar-refractivity contribution in [2.75, 3.05) is 19.7 Å². The van der Waals surface area contributed by atoms with Crippen LogP contribution in [0, 0.1) is 0 Å². The van der Waals surface area contributed by atoms with E-state index in [1.807, 2.05) is 0 Å². The minimum Gasteiger partial charge on any atom is -0.387 e. The molecule has 1 atom stereocenters. The average Bonchev–Trinajstić information content (AvgIpc) is 2.85. The van der Waals surface area contributed by atoms with Crippen molar-refractivity contribution >= 4 is 0 Å². The van der Waals surface area contributed by atoms with Crippen LogP contribution in [0.3, 0.4) is 0 Å². The zero-order valence-corrected chi connectivity index (χ0v) is 8.49. The quantitative estimate of drug-likeness (QED) is 0.684. The second kappa shape index (κ2) is 3.23. The predicted molar refractivity (Wildman–Crippen MR) is 50.6 cm³/mol. The molecule has 0 aromatic heterocycles. The van der Waals surface area contributed by atoms with Gasteiger partial charge in [0, 0.05) is 19.1 Å². The van der Waals surface area contributed by atoms with Crippen molar-refractivity contribution in [1.82, 2.24) is 4.90 Å². The number of hydrogen-bond acceptors (Lipinski definition) is 3. The highest BCUT2D eigenvalue weighted by Crippen LogP contribution is 2.41. The lowest BCUT2D eigenvalue weighted by Crippen LogP contribution is -2.50. The van der Waals surface area contributed by atoms with E-state index >= 15 is 0 Å². The molecule has 13 heavy (non-hydrogen) atoms. The molecule has 3 nitrogen and oxygen atoms in total. The van der Waals surface area contributed by atoms with Gasteiger partial charge < -0.3 is 9.84 Å². The van der Waals surface area contributed by atoms with E-state index < -0.39 is 5.60 Å². The van der Waals surface area contributed by atoms with Crippen LogP contribution in [0.1, 0.15) is 26.7 Å². The van der Waals surface area contributed by atoms with E-state index in [9.17, 15) is 5.11 Å². The summed E-state index contributed by atoms with van der Waals surface area (Å²) in [6, 6.07) is 0.564. The molecule has 3 heteroatoms. The number of nitrogens with zero attached hydrogens (tertiary/aromatic N) is 1. The summed E-state index contributed by atoms with van der Waals surface area (Å²) in [4.78, 5) is 2.38. The minimum atomic E-state index is -0.479. The number of morpholine rings is 1. The Balaban J connectivity index is 1.92. The topological polar surface area (TPSA) is 32.7 Å². The van der Waals surface area contributed by atoms with E-state index in [-0.39, 0.29) is 6.10 Å². The Morgan fingerprint density at radius 3 is 2.69 bits per heavy atom. The largest absolute Gasteiger partial charge is 0.387 e. The van der Waals surface area contributed by atoms with Crippen molar-refractivity contribution < 1.29 is 9.84 Å². The molecule has 2 fully saturated rings. The Kier molecular flexibility index (Phi) is 2.34. The van der Waals surface area contributed by atoms with Gasteiger partial charge in [0.1, 0.15) is 0 Å². The molecule has 1 saturated carbocycles. The number of aliphatic hydroxyl groups is 1. The SMILES string of the molecule is CC(C)N1CCO[C@@H](C2(O)CC2)C1. The van der Waals surface area contributed by atoms with Crippen molar-refractivity contribution in [3.05, 3.63) is 0 Å². The lowest BCUT2D eigenvalue weighted by atomic mass is 10.1. The number of rotatable bonds is 2. The molecule has 0 bridgehead atoms. The molecule has 1 saturated heterocycles. The molecule has 1 aliphatic heterocycles. The molecule has 0 amide bonds. The second-order valence-corrected chi connectivity index (χ2v) is 4.55. The van der Waals surface area contributed by atoms with Gasteiger partial charge in [-0.25, -0.2) is 0 Å². The lowest BCUT2D eigenvalue weighted by Gasteiger charge is -2.37. The molecule has 0 radical (unpaired) electrons. The van der Waals surface area contributed by atoms with E-state index in [1.54, 1.807) is 0 Å². The Morgan fingerprint density at radius 2 is 2.15 bits per heavy atom. The van der Waals surface area contributed by atoms with E-state index in [0.717, 1.165) is 32.5 Å². The van der Waals surface area contributed by atoms with E-state index in [0.29, 0.717) is 6.04 Å². The second-order valence-electron chi connectivity index (χ2n) is 4.55. The van der Waals surface area contributed by atoms with Crippen LogP contribution in [0.15, 0.2) is 0 Å². The van der Waals surface area contributed by atoms with Crippen LogP contribution < -0.4 is 0 Å². The summed E-state index contributed by atoms with van der Waals surface area (Å²) < 4.78 is 5.59. The zero-order valence-electron chi connectivity index (χ0n) is 8.49. The molecule has 1 heterocycles. The van der Waals surface area contributed by atoms with Crippen LogP contribution in [0.5, 0.6) is 0 Å². The predicted octanol–water partition coefficient (Wildman–Crippen LogP) is 0.620. The van der Waals surface area contributed by atoms with Crippen molar-refractivity contribution in [1.29, 1.82) is 0 Å². The fraction of sp³-hybridized carbons (Fsp3) is 1.00. The summed E-state index contributed by atoms with van der Waals surface area (Å²) in [6.45, 7) is 7.06. The first-order valence-electron chi connectivity index (χ1n) is 5.20. The third-order valence-electron chi connectivity index (χ3n) is 3.19. The average molecular weight is 185 g/mol. The highest BCUT2D eigenvalue weighted by atomic mass is 16.5. The smallest absolute Gasteiger partial charge is 0.0989 e. The van der Waals surface area contributed by atoms with Crippen molar-refractivity contribution in [3.8, 4) is 0 Å². The first-order chi connectivity index (χ1) is 6.12. The van der Waals surface area contributed by atoms with Crippen molar-refractivity contribution in [2.45, 2.75) is 44.4 Å². The lowest BCUT2D eigenvalue weighted by molar-refractivity contribution is -0.106. The first-order valence-corrected chi connectivity index (χ1v) is 5.20. The van der Waals surface area contributed by atoms with Gasteiger partial charge in [0.05, 0.1) is 18.3 Å². The Bertz CT molecular complexity index is 189. The number of ether oxygens (including phenoxy) is 1. The third kappa shape index (κ3) is 1.87. The molecule has 2 aliphatic rings. The van der Waals surface area contributed by atoms with E-state index in [1.165, 1.54) is 0 Å².